The monoisotopic (exact) mass is 389 g/mol. The molecule has 146 valence electrons. The number of hydrogen-bond acceptors (Lipinski definition) is 5. The Labute approximate surface area is 165 Å². The molecule has 0 radical (unpaired) electrons. The van der Waals surface area contributed by atoms with E-state index in [-0.39, 0.29) is 11.4 Å². The fraction of sp³-hybridized carbons (Fsp3) is 0.136. The van der Waals surface area contributed by atoms with Crippen LogP contribution >= 0.6 is 0 Å². The van der Waals surface area contributed by atoms with Gasteiger partial charge in [0.2, 0.25) is 0 Å². The van der Waals surface area contributed by atoms with Crippen LogP contribution < -0.4 is 16.0 Å². The van der Waals surface area contributed by atoms with Crippen LogP contribution in [0.2, 0.25) is 0 Å². The number of nitrogens with one attached hydrogen (secondary N) is 1. The Hall–Kier alpha value is -3.87. The van der Waals surface area contributed by atoms with Gasteiger partial charge in [0.15, 0.2) is 0 Å². The van der Waals surface area contributed by atoms with Gasteiger partial charge < -0.3 is 9.84 Å². The van der Waals surface area contributed by atoms with Gasteiger partial charge in [-0.3, -0.25) is 14.3 Å². The standard InChI is InChI=1S/C22H19N3O4/c1-29-15-8-6-14(7-9-15)12-13-25-20-17(21(27)24-22(25)28)10-11-18(23-20)16-4-2-3-5-19(16)26/h2-11,26H,12-13H2,1H3,(H,24,27,28). The molecule has 0 unspecified atom stereocenters. The molecule has 0 spiro atoms. The molecule has 2 heterocycles. The Kier molecular flexibility index (Phi) is 4.87. The smallest absolute Gasteiger partial charge is 0.330 e. The van der Waals surface area contributed by atoms with Crippen LogP contribution in [0.5, 0.6) is 11.5 Å². The predicted octanol–water partition coefficient (Wildman–Crippen LogP) is 2.71. The van der Waals surface area contributed by atoms with Gasteiger partial charge in [0, 0.05) is 12.1 Å². The SMILES string of the molecule is COc1ccc(CCn2c(=O)[nH]c(=O)c3ccc(-c4ccccc4O)nc32)cc1. The third kappa shape index (κ3) is 3.62. The van der Waals surface area contributed by atoms with Gasteiger partial charge in [-0.15, -0.1) is 0 Å². The summed E-state index contributed by atoms with van der Waals surface area (Å²) in [6.45, 7) is 0.343. The minimum absolute atomic E-state index is 0.0799. The van der Waals surface area contributed by atoms with E-state index in [4.69, 9.17) is 4.74 Å². The minimum atomic E-state index is -0.516. The number of aromatic amines is 1. The van der Waals surface area contributed by atoms with Crippen molar-refractivity contribution >= 4 is 11.0 Å². The van der Waals surface area contributed by atoms with Crippen molar-refractivity contribution in [1.82, 2.24) is 14.5 Å². The molecule has 0 amide bonds. The van der Waals surface area contributed by atoms with Crippen molar-refractivity contribution in [3.8, 4) is 22.8 Å². The van der Waals surface area contributed by atoms with E-state index in [0.29, 0.717) is 29.6 Å². The summed E-state index contributed by atoms with van der Waals surface area (Å²) in [5, 5.41) is 10.4. The number of pyridine rings is 1. The molecule has 0 aliphatic heterocycles. The van der Waals surface area contributed by atoms with Gasteiger partial charge in [-0.2, -0.15) is 0 Å². The lowest BCUT2D eigenvalue weighted by Gasteiger charge is -2.11. The zero-order valence-electron chi connectivity index (χ0n) is 15.8. The third-order valence-corrected chi connectivity index (χ3v) is 4.80. The highest BCUT2D eigenvalue weighted by molar-refractivity contribution is 5.79. The first-order valence-corrected chi connectivity index (χ1v) is 9.12. The number of benzene rings is 2. The molecule has 0 atom stereocenters. The summed E-state index contributed by atoms with van der Waals surface area (Å²) in [5.74, 6) is 0.839. The summed E-state index contributed by atoms with van der Waals surface area (Å²) >= 11 is 0. The fourth-order valence-electron chi connectivity index (χ4n) is 3.24. The number of aromatic nitrogens is 3. The predicted molar refractivity (Wildman–Crippen MR) is 110 cm³/mol. The molecule has 2 aromatic heterocycles. The van der Waals surface area contributed by atoms with E-state index in [0.717, 1.165) is 11.3 Å². The van der Waals surface area contributed by atoms with Gasteiger partial charge in [-0.05, 0) is 48.4 Å². The van der Waals surface area contributed by atoms with Crippen LogP contribution in [0.15, 0.2) is 70.3 Å². The highest BCUT2D eigenvalue weighted by atomic mass is 16.5. The van der Waals surface area contributed by atoms with Crippen molar-refractivity contribution in [2.75, 3.05) is 7.11 Å². The minimum Gasteiger partial charge on any atom is -0.507 e. The maximum atomic E-state index is 12.5. The number of ether oxygens (including phenoxy) is 1. The van der Waals surface area contributed by atoms with Gasteiger partial charge >= 0.3 is 5.69 Å². The number of fused-ring (bicyclic) bond motifs is 1. The molecule has 0 saturated heterocycles. The number of hydrogen-bond donors (Lipinski definition) is 2. The largest absolute Gasteiger partial charge is 0.507 e. The van der Waals surface area contributed by atoms with E-state index in [1.54, 1.807) is 43.5 Å². The highest BCUT2D eigenvalue weighted by Crippen LogP contribution is 2.27. The van der Waals surface area contributed by atoms with Crippen molar-refractivity contribution in [2.24, 2.45) is 0 Å². The number of methoxy groups -OCH3 is 1. The van der Waals surface area contributed by atoms with E-state index in [1.807, 2.05) is 24.3 Å². The molecule has 4 aromatic rings. The van der Waals surface area contributed by atoms with Gasteiger partial charge in [0.05, 0.1) is 18.2 Å². The van der Waals surface area contributed by atoms with E-state index >= 15 is 0 Å². The third-order valence-electron chi connectivity index (χ3n) is 4.80. The Morgan fingerprint density at radius 3 is 2.52 bits per heavy atom. The van der Waals surface area contributed by atoms with Gasteiger partial charge in [0.25, 0.3) is 5.56 Å². The van der Waals surface area contributed by atoms with Gasteiger partial charge in [-0.25, -0.2) is 9.78 Å². The molecule has 4 rings (SSSR count). The van der Waals surface area contributed by atoms with Crippen molar-refractivity contribution < 1.29 is 9.84 Å². The Morgan fingerprint density at radius 2 is 1.79 bits per heavy atom. The summed E-state index contributed by atoms with van der Waals surface area (Å²) < 4.78 is 6.61. The van der Waals surface area contributed by atoms with E-state index in [9.17, 15) is 14.7 Å². The van der Waals surface area contributed by atoms with Crippen molar-refractivity contribution in [1.29, 1.82) is 0 Å². The number of aromatic hydroxyl groups is 1. The van der Waals surface area contributed by atoms with E-state index < -0.39 is 11.2 Å². The lowest BCUT2D eigenvalue weighted by molar-refractivity contribution is 0.414. The lowest BCUT2D eigenvalue weighted by Crippen LogP contribution is -2.31. The summed E-state index contributed by atoms with van der Waals surface area (Å²) in [6, 6.07) is 17.7. The van der Waals surface area contributed by atoms with Crippen LogP contribution in [0, 0.1) is 0 Å². The van der Waals surface area contributed by atoms with Crippen LogP contribution in [-0.2, 0) is 13.0 Å². The number of H-pyrrole nitrogens is 1. The van der Waals surface area contributed by atoms with Crippen LogP contribution in [0.4, 0.5) is 0 Å². The highest BCUT2D eigenvalue weighted by Gasteiger charge is 2.12. The molecule has 7 nitrogen and oxygen atoms in total. The molecule has 0 bridgehead atoms. The average molecular weight is 389 g/mol. The van der Waals surface area contributed by atoms with E-state index in [2.05, 4.69) is 9.97 Å². The Bertz CT molecular complexity index is 1290. The van der Waals surface area contributed by atoms with Crippen LogP contribution in [0.25, 0.3) is 22.3 Å². The second-order valence-electron chi connectivity index (χ2n) is 6.59. The molecule has 0 fully saturated rings. The summed E-state index contributed by atoms with van der Waals surface area (Å²) in [4.78, 5) is 31.6. The Morgan fingerprint density at radius 1 is 1.03 bits per heavy atom. The molecule has 0 aliphatic rings. The quantitative estimate of drug-likeness (QED) is 0.547. The van der Waals surface area contributed by atoms with Gasteiger partial charge in [-0.1, -0.05) is 24.3 Å². The van der Waals surface area contributed by atoms with Crippen LogP contribution in [-0.4, -0.2) is 26.8 Å². The van der Waals surface area contributed by atoms with Crippen LogP contribution in [0.1, 0.15) is 5.56 Å². The second kappa shape index (κ2) is 7.63. The molecule has 29 heavy (non-hydrogen) atoms. The topological polar surface area (TPSA) is 97.2 Å². The maximum Gasteiger partial charge on any atom is 0.330 e. The van der Waals surface area contributed by atoms with Gasteiger partial charge in [0.1, 0.15) is 17.1 Å². The molecule has 7 heteroatoms. The fourth-order valence-corrected chi connectivity index (χ4v) is 3.24. The first kappa shape index (κ1) is 18.5. The molecule has 2 aromatic carbocycles. The first-order chi connectivity index (χ1) is 14.1. The zero-order valence-corrected chi connectivity index (χ0v) is 15.8. The number of para-hydroxylation sites is 1. The van der Waals surface area contributed by atoms with Crippen molar-refractivity contribution in [3.63, 3.8) is 0 Å². The normalized spacial score (nSPS) is 10.9. The Balaban J connectivity index is 1.77. The number of rotatable bonds is 5. The second-order valence-corrected chi connectivity index (χ2v) is 6.59. The molecule has 2 N–H and O–H groups in total. The summed E-state index contributed by atoms with van der Waals surface area (Å²) in [5.41, 5.74) is 1.32. The molecule has 0 saturated carbocycles. The number of phenolic OH excluding ortho intramolecular Hbond substituents is 1. The summed E-state index contributed by atoms with van der Waals surface area (Å²) in [6.07, 6.45) is 0.577. The zero-order chi connectivity index (χ0) is 20.4. The molecule has 0 aliphatic carbocycles. The number of phenols is 1. The first-order valence-electron chi connectivity index (χ1n) is 9.12. The number of aryl methyl sites for hydroxylation is 2. The average Bonchev–Trinajstić information content (AvgIpc) is 2.74. The van der Waals surface area contributed by atoms with Crippen molar-refractivity contribution in [3.05, 3.63) is 87.1 Å². The van der Waals surface area contributed by atoms with Crippen molar-refractivity contribution in [2.45, 2.75) is 13.0 Å². The molecular weight excluding hydrogens is 370 g/mol. The summed E-state index contributed by atoms with van der Waals surface area (Å²) in [7, 11) is 1.61. The number of nitrogens with zero attached hydrogens (tertiary/aromatic N) is 2. The van der Waals surface area contributed by atoms with E-state index in [1.165, 1.54) is 4.57 Å². The molecular formula is C22H19N3O4. The lowest BCUT2D eigenvalue weighted by atomic mass is 10.1. The van der Waals surface area contributed by atoms with Crippen LogP contribution in [0.3, 0.4) is 0 Å². The maximum absolute atomic E-state index is 12.5.